The summed E-state index contributed by atoms with van der Waals surface area (Å²) < 4.78 is 5.31. The quantitative estimate of drug-likeness (QED) is 0.483. The molecule has 3 atom stereocenters. The van der Waals surface area contributed by atoms with Gasteiger partial charge < -0.3 is 9.84 Å². The van der Waals surface area contributed by atoms with Crippen LogP contribution in [0.1, 0.15) is 20.8 Å². The van der Waals surface area contributed by atoms with Gasteiger partial charge in [-0.25, -0.2) is 0 Å². The van der Waals surface area contributed by atoms with Crippen LogP contribution < -0.4 is 0 Å². The van der Waals surface area contributed by atoms with Crippen LogP contribution in [-0.4, -0.2) is 23.4 Å². The standard InChI is InChI=1S/C9H16O2/c1-5-6(10)7-8(11-7)9(2,3)4/h5-8,10H,1H2,2-4H3/t6-,7-,8+/m1/s1. The second-order valence-corrected chi connectivity index (χ2v) is 4.11. The zero-order valence-corrected chi connectivity index (χ0v) is 7.37. The Hall–Kier alpha value is -0.340. The first-order valence-corrected chi connectivity index (χ1v) is 3.93. The van der Waals surface area contributed by atoms with Crippen molar-refractivity contribution in [2.45, 2.75) is 39.1 Å². The van der Waals surface area contributed by atoms with Crippen LogP contribution in [0.15, 0.2) is 12.7 Å². The minimum Gasteiger partial charge on any atom is -0.386 e. The lowest BCUT2D eigenvalue weighted by molar-refractivity contribution is 0.176. The Bertz CT molecular complexity index is 157. The van der Waals surface area contributed by atoms with Crippen molar-refractivity contribution in [3.8, 4) is 0 Å². The number of ether oxygens (including phenoxy) is 1. The smallest absolute Gasteiger partial charge is 0.114 e. The molecule has 1 aliphatic rings. The SMILES string of the molecule is C=C[C@@H](O)[C@H]1O[C@@H]1C(C)(C)C. The molecule has 0 saturated carbocycles. The van der Waals surface area contributed by atoms with Gasteiger partial charge in [-0.1, -0.05) is 26.8 Å². The molecule has 1 rings (SSSR count). The Balaban J connectivity index is 2.43. The van der Waals surface area contributed by atoms with Crippen LogP contribution in [0.25, 0.3) is 0 Å². The molecule has 0 bridgehead atoms. The van der Waals surface area contributed by atoms with Crippen molar-refractivity contribution in [1.82, 2.24) is 0 Å². The van der Waals surface area contributed by atoms with Gasteiger partial charge in [0.25, 0.3) is 0 Å². The zero-order valence-electron chi connectivity index (χ0n) is 7.37. The van der Waals surface area contributed by atoms with E-state index < -0.39 is 6.10 Å². The van der Waals surface area contributed by atoms with Crippen LogP contribution in [-0.2, 0) is 4.74 Å². The second kappa shape index (κ2) is 2.61. The molecule has 1 N–H and O–H groups in total. The monoisotopic (exact) mass is 156 g/mol. The van der Waals surface area contributed by atoms with Crippen molar-refractivity contribution in [2.24, 2.45) is 5.41 Å². The van der Waals surface area contributed by atoms with Crippen LogP contribution in [0.4, 0.5) is 0 Å². The highest BCUT2D eigenvalue weighted by atomic mass is 16.6. The first-order valence-electron chi connectivity index (χ1n) is 3.93. The van der Waals surface area contributed by atoms with Gasteiger partial charge in [-0.2, -0.15) is 0 Å². The highest BCUT2D eigenvalue weighted by molar-refractivity contribution is 5.02. The largest absolute Gasteiger partial charge is 0.386 e. The van der Waals surface area contributed by atoms with Gasteiger partial charge in [0.1, 0.15) is 12.2 Å². The molecule has 0 spiro atoms. The van der Waals surface area contributed by atoms with Crippen LogP contribution in [0, 0.1) is 5.41 Å². The van der Waals surface area contributed by atoms with Gasteiger partial charge in [0.2, 0.25) is 0 Å². The molecule has 11 heavy (non-hydrogen) atoms. The Morgan fingerprint density at radius 2 is 2.09 bits per heavy atom. The van der Waals surface area contributed by atoms with Gasteiger partial charge in [-0.15, -0.1) is 6.58 Å². The third kappa shape index (κ3) is 1.82. The van der Waals surface area contributed by atoms with E-state index in [1.165, 1.54) is 6.08 Å². The maximum atomic E-state index is 9.29. The molecule has 0 aromatic carbocycles. The van der Waals surface area contributed by atoms with E-state index in [1.807, 2.05) is 0 Å². The highest BCUT2D eigenvalue weighted by Gasteiger charge is 2.50. The summed E-state index contributed by atoms with van der Waals surface area (Å²) in [5, 5.41) is 9.29. The van der Waals surface area contributed by atoms with Crippen molar-refractivity contribution in [3.63, 3.8) is 0 Å². The molecule has 2 heteroatoms. The molecule has 1 aliphatic heterocycles. The van der Waals surface area contributed by atoms with Crippen molar-refractivity contribution in [2.75, 3.05) is 0 Å². The average molecular weight is 156 g/mol. The van der Waals surface area contributed by atoms with Crippen LogP contribution in [0.2, 0.25) is 0 Å². The predicted octanol–water partition coefficient (Wildman–Crippen LogP) is 1.35. The number of aliphatic hydroxyl groups excluding tert-OH is 1. The van der Waals surface area contributed by atoms with E-state index in [0.717, 1.165) is 0 Å². The van der Waals surface area contributed by atoms with Gasteiger partial charge in [-0.3, -0.25) is 0 Å². The first kappa shape index (κ1) is 8.75. The number of aliphatic hydroxyl groups is 1. The van der Waals surface area contributed by atoms with Gasteiger partial charge >= 0.3 is 0 Å². The summed E-state index contributed by atoms with van der Waals surface area (Å²) in [6.45, 7) is 9.82. The van der Waals surface area contributed by atoms with Gasteiger partial charge in [0.15, 0.2) is 0 Å². The van der Waals surface area contributed by atoms with Crippen molar-refractivity contribution >= 4 is 0 Å². The minimum absolute atomic E-state index is 0.0208. The number of hydrogen-bond acceptors (Lipinski definition) is 2. The molecular weight excluding hydrogens is 140 g/mol. The summed E-state index contributed by atoms with van der Waals surface area (Å²) in [7, 11) is 0. The van der Waals surface area contributed by atoms with Crippen LogP contribution >= 0.6 is 0 Å². The van der Waals surface area contributed by atoms with Crippen molar-refractivity contribution in [1.29, 1.82) is 0 Å². The van der Waals surface area contributed by atoms with E-state index in [0.29, 0.717) is 0 Å². The minimum atomic E-state index is -0.501. The third-order valence-electron chi connectivity index (χ3n) is 1.96. The van der Waals surface area contributed by atoms with E-state index in [1.54, 1.807) is 0 Å². The Kier molecular flexibility index (Phi) is 2.08. The van der Waals surface area contributed by atoms with Gasteiger partial charge in [0, 0.05) is 0 Å². The topological polar surface area (TPSA) is 32.8 Å². The molecule has 0 amide bonds. The fourth-order valence-electron chi connectivity index (χ4n) is 1.21. The lowest BCUT2D eigenvalue weighted by atomic mass is 9.89. The predicted molar refractivity (Wildman–Crippen MR) is 44.3 cm³/mol. The highest BCUT2D eigenvalue weighted by Crippen LogP contribution is 2.39. The molecule has 0 radical (unpaired) electrons. The molecule has 0 aromatic rings. The van der Waals surface area contributed by atoms with Crippen LogP contribution in [0.3, 0.4) is 0 Å². The Morgan fingerprint density at radius 1 is 1.55 bits per heavy atom. The summed E-state index contributed by atoms with van der Waals surface area (Å²) in [4.78, 5) is 0. The third-order valence-corrected chi connectivity index (χ3v) is 1.96. The summed E-state index contributed by atoms with van der Waals surface area (Å²) in [5.74, 6) is 0. The summed E-state index contributed by atoms with van der Waals surface area (Å²) in [6, 6.07) is 0. The Labute approximate surface area is 67.9 Å². The van der Waals surface area contributed by atoms with E-state index in [9.17, 15) is 5.11 Å². The zero-order chi connectivity index (χ0) is 8.65. The normalized spacial score (nSPS) is 33.1. The maximum absolute atomic E-state index is 9.29. The molecule has 2 nitrogen and oxygen atoms in total. The van der Waals surface area contributed by atoms with Crippen molar-refractivity contribution < 1.29 is 9.84 Å². The number of hydrogen-bond donors (Lipinski definition) is 1. The molecular formula is C9H16O2. The molecule has 0 aliphatic carbocycles. The summed E-state index contributed by atoms with van der Waals surface area (Å²) in [5.41, 5.74) is 0.134. The summed E-state index contributed by atoms with van der Waals surface area (Å²) >= 11 is 0. The number of epoxide rings is 1. The lowest BCUT2D eigenvalue weighted by Gasteiger charge is -2.14. The fourth-order valence-corrected chi connectivity index (χ4v) is 1.21. The van der Waals surface area contributed by atoms with Crippen LogP contribution in [0.5, 0.6) is 0 Å². The van der Waals surface area contributed by atoms with E-state index in [2.05, 4.69) is 27.4 Å². The van der Waals surface area contributed by atoms with E-state index >= 15 is 0 Å². The molecule has 1 saturated heterocycles. The van der Waals surface area contributed by atoms with Crippen molar-refractivity contribution in [3.05, 3.63) is 12.7 Å². The molecule has 1 heterocycles. The maximum Gasteiger partial charge on any atom is 0.114 e. The fraction of sp³-hybridized carbons (Fsp3) is 0.778. The van der Waals surface area contributed by atoms with E-state index in [4.69, 9.17) is 4.74 Å². The summed E-state index contributed by atoms with van der Waals surface area (Å²) in [6.07, 6.45) is 1.19. The second-order valence-electron chi connectivity index (χ2n) is 4.11. The van der Waals surface area contributed by atoms with E-state index in [-0.39, 0.29) is 17.6 Å². The molecule has 1 fully saturated rings. The van der Waals surface area contributed by atoms with Gasteiger partial charge in [0.05, 0.1) is 6.10 Å². The Morgan fingerprint density at radius 3 is 2.36 bits per heavy atom. The molecule has 0 unspecified atom stereocenters. The lowest BCUT2D eigenvalue weighted by Crippen LogP contribution is -2.22. The van der Waals surface area contributed by atoms with Gasteiger partial charge in [-0.05, 0) is 5.41 Å². The number of rotatable bonds is 2. The molecule has 64 valence electrons. The average Bonchev–Trinajstić information content (AvgIpc) is 2.62. The molecule has 0 aromatic heterocycles. The first-order chi connectivity index (χ1) is 4.96.